The first-order valence-corrected chi connectivity index (χ1v) is 9.55. The SMILES string of the molecule is CCCCCC(=O)OCC(C)=C[C@@H]1CCC(C)C2CCC(C)=C21. The predicted octanol–water partition coefficient (Wildman–Crippen LogP) is 5.83. The quantitative estimate of drug-likeness (QED) is 0.335. The lowest BCUT2D eigenvalue weighted by molar-refractivity contribution is -0.142. The number of hydrogen-bond acceptors (Lipinski definition) is 2. The molecule has 2 aliphatic rings. The van der Waals surface area contributed by atoms with E-state index in [0.717, 1.165) is 31.1 Å². The van der Waals surface area contributed by atoms with Gasteiger partial charge in [0, 0.05) is 6.42 Å². The van der Waals surface area contributed by atoms with E-state index in [0.29, 0.717) is 18.9 Å². The van der Waals surface area contributed by atoms with Crippen LogP contribution in [0.2, 0.25) is 0 Å². The topological polar surface area (TPSA) is 26.3 Å². The number of carbonyl (C=O) groups excluding carboxylic acids is 1. The first-order valence-electron chi connectivity index (χ1n) is 9.55. The summed E-state index contributed by atoms with van der Waals surface area (Å²) in [6.45, 7) is 9.45. The molecule has 2 unspecified atom stereocenters. The fourth-order valence-electron chi connectivity index (χ4n) is 4.32. The summed E-state index contributed by atoms with van der Waals surface area (Å²) in [7, 11) is 0. The average molecular weight is 319 g/mol. The molecule has 0 aromatic carbocycles. The van der Waals surface area contributed by atoms with Crippen LogP contribution < -0.4 is 0 Å². The summed E-state index contributed by atoms with van der Waals surface area (Å²) in [5, 5.41) is 0. The Balaban J connectivity index is 1.88. The number of ether oxygens (including phenoxy) is 1. The summed E-state index contributed by atoms with van der Waals surface area (Å²) in [6, 6.07) is 0. The molecule has 0 spiro atoms. The minimum absolute atomic E-state index is 0.0439. The van der Waals surface area contributed by atoms with Gasteiger partial charge in [-0.2, -0.15) is 0 Å². The van der Waals surface area contributed by atoms with Crippen LogP contribution in [0.3, 0.4) is 0 Å². The Morgan fingerprint density at radius 2 is 2.04 bits per heavy atom. The largest absolute Gasteiger partial charge is 0.461 e. The van der Waals surface area contributed by atoms with Crippen molar-refractivity contribution >= 4 is 5.97 Å². The molecule has 2 heteroatoms. The van der Waals surface area contributed by atoms with Crippen molar-refractivity contribution in [3.63, 3.8) is 0 Å². The summed E-state index contributed by atoms with van der Waals surface area (Å²) in [5.41, 5.74) is 4.53. The van der Waals surface area contributed by atoms with E-state index < -0.39 is 0 Å². The molecular formula is C21H34O2. The lowest BCUT2D eigenvalue weighted by atomic mass is 9.71. The van der Waals surface area contributed by atoms with Gasteiger partial charge in [-0.1, -0.05) is 43.9 Å². The number of esters is 1. The van der Waals surface area contributed by atoms with Gasteiger partial charge in [0.1, 0.15) is 6.61 Å². The minimum Gasteiger partial charge on any atom is -0.461 e. The van der Waals surface area contributed by atoms with Gasteiger partial charge in [-0.25, -0.2) is 0 Å². The molecule has 0 aromatic rings. The molecular weight excluding hydrogens is 284 g/mol. The van der Waals surface area contributed by atoms with Crippen molar-refractivity contribution in [1.29, 1.82) is 0 Å². The zero-order valence-electron chi connectivity index (χ0n) is 15.5. The van der Waals surface area contributed by atoms with E-state index in [1.807, 2.05) is 0 Å². The van der Waals surface area contributed by atoms with Gasteiger partial charge in [-0.05, 0) is 69.3 Å². The Kier molecular flexibility index (Phi) is 6.92. The van der Waals surface area contributed by atoms with Crippen molar-refractivity contribution < 1.29 is 9.53 Å². The zero-order chi connectivity index (χ0) is 16.8. The number of hydrogen-bond donors (Lipinski definition) is 0. The van der Waals surface area contributed by atoms with Crippen LogP contribution in [0.4, 0.5) is 0 Å². The van der Waals surface area contributed by atoms with E-state index in [9.17, 15) is 4.79 Å². The van der Waals surface area contributed by atoms with E-state index in [4.69, 9.17) is 4.74 Å². The highest BCUT2D eigenvalue weighted by atomic mass is 16.5. The lowest BCUT2D eigenvalue weighted by Gasteiger charge is -2.34. The van der Waals surface area contributed by atoms with Crippen molar-refractivity contribution in [3.05, 3.63) is 22.8 Å². The van der Waals surface area contributed by atoms with Crippen molar-refractivity contribution in [2.45, 2.75) is 79.1 Å². The number of rotatable bonds is 7. The molecule has 23 heavy (non-hydrogen) atoms. The Bertz CT molecular complexity index is 472. The van der Waals surface area contributed by atoms with E-state index >= 15 is 0 Å². The van der Waals surface area contributed by atoms with Crippen molar-refractivity contribution in [3.8, 4) is 0 Å². The monoisotopic (exact) mass is 318 g/mol. The second kappa shape index (κ2) is 8.70. The number of carbonyl (C=O) groups is 1. The molecule has 3 atom stereocenters. The number of unbranched alkanes of at least 4 members (excludes halogenated alkanes) is 2. The fourth-order valence-corrected chi connectivity index (χ4v) is 4.32. The fraction of sp³-hybridized carbons (Fsp3) is 0.762. The maximum atomic E-state index is 11.7. The molecule has 0 N–H and O–H groups in total. The van der Waals surface area contributed by atoms with Crippen LogP contribution in [0.15, 0.2) is 22.8 Å². The van der Waals surface area contributed by atoms with Gasteiger partial charge in [0.2, 0.25) is 0 Å². The van der Waals surface area contributed by atoms with Gasteiger partial charge in [0.25, 0.3) is 0 Å². The highest BCUT2D eigenvalue weighted by molar-refractivity contribution is 5.69. The highest BCUT2D eigenvalue weighted by Gasteiger charge is 2.35. The second-order valence-electron chi connectivity index (χ2n) is 7.67. The Morgan fingerprint density at radius 3 is 2.78 bits per heavy atom. The normalized spacial score (nSPS) is 28.0. The molecule has 2 aliphatic carbocycles. The van der Waals surface area contributed by atoms with Gasteiger partial charge >= 0.3 is 5.97 Å². The molecule has 130 valence electrons. The van der Waals surface area contributed by atoms with Gasteiger partial charge in [-0.15, -0.1) is 0 Å². The van der Waals surface area contributed by atoms with Crippen LogP contribution in [0, 0.1) is 17.8 Å². The van der Waals surface area contributed by atoms with Gasteiger partial charge < -0.3 is 4.74 Å². The summed E-state index contributed by atoms with van der Waals surface area (Å²) in [6.07, 6.45) is 11.3. The average Bonchev–Trinajstić information content (AvgIpc) is 2.91. The number of fused-ring (bicyclic) bond motifs is 1. The highest BCUT2D eigenvalue weighted by Crippen LogP contribution is 2.48. The van der Waals surface area contributed by atoms with Gasteiger partial charge in [0.15, 0.2) is 0 Å². The van der Waals surface area contributed by atoms with Crippen LogP contribution in [0.1, 0.15) is 79.1 Å². The van der Waals surface area contributed by atoms with Crippen molar-refractivity contribution in [1.82, 2.24) is 0 Å². The summed E-state index contributed by atoms with van der Waals surface area (Å²) >= 11 is 0. The van der Waals surface area contributed by atoms with Crippen LogP contribution in [0.5, 0.6) is 0 Å². The zero-order valence-corrected chi connectivity index (χ0v) is 15.5. The minimum atomic E-state index is -0.0439. The molecule has 0 heterocycles. The van der Waals surface area contributed by atoms with Gasteiger partial charge in [0.05, 0.1) is 0 Å². The molecule has 0 saturated heterocycles. The third-order valence-corrected chi connectivity index (χ3v) is 5.67. The molecule has 0 amide bonds. The summed E-state index contributed by atoms with van der Waals surface area (Å²) in [5.74, 6) is 2.17. The standard InChI is InChI=1S/C21H34O2/c1-5-6-7-8-20(22)23-14-15(2)13-18-11-9-16(3)19-12-10-17(4)21(18)19/h13,16,18-19H,5-12,14H2,1-4H3/t16?,18-,19?/m0/s1. The molecule has 2 rings (SSSR count). The molecule has 1 fully saturated rings. The van der Waals surface area contributed by atoms with E-state index in [2.05, 4.69) is 33.8 Å². The van der Waals surface area contributed by atoms with E-state index in [1.165, 1.54) is 31.3 Å². The smallest absolute Gasteiger partial charge is 0.306 e. The lowest BCUT2D eigenvalue weighted by Crippen LogP contribution is -2.23. The maximum absolute atomic E-state index is 11.7. The molecule has 1 saturated carbocycles. The summed E-state index contributed by atoms with van der Waals surface area (Å²) < 4.78 is 5.43. The molecule has 0 aliphatic heterocycles. The number of allylic oxidation sites excluding steroid dienone is 3. The molecule has 0 radical (unpaired) electrons. The third-order valence-electron chi connectivity index (χ3n) is 5.67. The Morgan fingerprint density at radius 1 is 1.26 bits per heavy atom. The second-order valence-corrected chi connectivity index (χ2v) is 7.67. The molecule has 0 bridgehead atoms. The van der Waals surface area contributed by atoms with Gasteiger partial charge in [-0.3, -0.25) is 4.79 Å². The predicted molar refractivity (Wildman–Crippen MR) is 96.2 cm³/mol. The van der Waals surface area contributed by atoms with Crippen molar-refractivity contribution in [2.75, 3.05) is 6.61 Å². The Labute approximate surface area is 142 Å². The molecule has 2 nitrogen and oxygen atoms in total. The molecule has 0 aromatic heterocycles. The van der Waals surface area contributed by atoms with Crippen molar-refractivity contribution in [2.24, 2.45) is 17.8 Å². The van der Waals surface area contributed by atoms with Crippen LogP contribution in [0.25, 0.3) is 0 Å². The van der Waals surface area contributed by atoms with Crippen LogP contribution >= 0.6 is 0 Å². The van der Waals surface area contributed by atoms with E-state index in [-0.39, 0.29) is 5.97 Å². The Hall–Kier alpha value is -1.05. The maximum Gasteiger partial charge on any atom is 0.306 e. The first kappa shape index (κ1) is 18.3. The van der Waals surface area contributed by atoms with Crippen LogP contribution in [-0.2, 0) is 9.53 Å². The van der Waals surface area contributed by atoms with E-state index in [1.54, 1.807) is 11.1 Å². The third kappa shape index (κ3) is 4.96. The van der Waals surface area contributed by atoms with Crippen LogP contribution in [-0.4, -0.2) is 12.6 Å². The summed E-state index contributed by atoms with van der Waals surface area (Å²) in [4.78, 5) is 11.7. The first-order chi connectivity index (χ1) is 11.0.